The van der Waals surface area contributed by atoms with E-state index in [1.807, 2.05) is 24.5 Å². The van der Waals surface area contributed by atoms with Crippen LogP contribution in [-0.2, 0) is 10.0 Å². The molecule has 0 saturated carbocycles. The summed E-state index contributed by atoms with van der Waals surface area (Å²) in [5, 5.41) is 3.25. The molecule has 6 heteroatoms. The molecule has 106 valence electrons. The molecule has 0 aromatic heterocycles. The lowest BCUT2D eigenvalue weighted by atomic mass is 10.0. The average Bonchev–Trinajstić information content (AvgIpc) is 2.39. The molecule has 1 aromatic carbocycles. The first-order valence-electron chi connectivity index (χ1n) is 6.44. The van der Waals surface area contributed by atoms with E-state index in [0.717, 1.165) is 30.8 Å². The molecule has 0 unspecified atom stereocenters. The number of rotatable bonds is 5. The Hall–Kier alpha value is -0.720. The Labute approximate surface area is 119 Å². The van der Waals surface area contributed by atoms with Crippen molar-refractivity contribution in [2.75, 3.05) is 29.8 Å². The van der Waals surface area contributed by atoms with E-state index in [9.17, 15) is 8.42 Å². The summed E-state index contributed by atoms with van der Waals surface area (Å²) >= 11 is 1.60. The Kier molecular flexibility index (Phi) is 5.13. The largest absolute Gasteiger partial charge is 0.317 e. The fourth-order valence-corrected chi connectivity index (χ4v) is 4.25. The van der Waals surface area contributed by atoms with Gasteiger partial charge in [0, 0.05) is 10.6 Å². The predicted octanol–water partition coefficient (Wildman–Crippen LogP) is 2.15. The van der Waals surface area contributed by atoms with Gasteiger partial charge in [0.15, 0.2) is 0 Å². The van der Waals surface area contributed by atoms with Crippen LogP contribution >= 0.6 is 11.8 Å². The van der Waals surface area contributed by atoms with Gasteiger partial charge in [-0.3, -0.25) is 4.72 Å². The minimum Gasteiger partial charge on any atom is -0.317 e. The number of benzene rings is 1. The Morgan fingerprint density at radius 3 is 2.79 bits per heavy atom. The van der Waals surface area contributed by atoms with Crippen LogP contribution in [0.2, 0.25) is 0 Å². The van der Waals surface area contributed by atoms with E-state index in [2.05, 4.69) is 10.0 Å². The van der Waals surface area contributed by atoms with Gasteiger partial charge < -0.3 is 5.32 Å². The van der Waals surface area contributed by atoms with Gasteiger partial charge in [0.25, 0.3) is 0 Å². The minimum absolute atomic E-state index is 0.220. The van der Waals surface area contributed by atoms with E-state index in [1.165, 1.54) is 0 Å². The van der Waals surface area contributed by atoms with Crippen LogP contribution in [0.5, 0.6) is 0 Å². The zero-order valence-electron chi connectivity index (χ0n) is 11.1. The number of sulfonamides is 1. The first-order chi connectivity index (χ1) is 9.09. The maximum atomic E-state index is 12.1. The summed E-state index contributed by atoms with van der Waals surface area (Å²) in [6.07, 6.45) is 3.85. The molecule has 1 fully saturated rings. The van der Waals surface area contributed by atoms with Gasteiger partial charge in [-0.2, -0.15) is 0 Å². The highest BCUT2D eigenvalue weighted by Gasteiger charge is 2.21. The van der Waals surface area contributed by atoms with Crippen LogP contribution in [0.15, 0.2) is 29.2 Å². The Balaban J connectivity index is 1.99. The Morgan fingerprint density at radius 2 is 2.11 bits per heavy atom. The topological polar surface area (TPSA) is 58.2 Å². The average molecular weight is 300 g/mol. The third kappa shape index (κ3) is 4.71. The second-order valence-corrected chi connectivity index (χ2v) is 7.46. The summed E-state index contributed by atoms with van der Waals surface area (Å²) < 4.78 is 26.9. The van der Waals surface area contributed by atoms with Crippen LogP contribution in [0.4, 0.5) is 5.69 Å². The quantitative estimate of drug-likeness (QED) is 0.818. The summed E-state index contributed by atoms with van der Waals surface area (Å²) in [4.78, 5) is 1.06. The number of anilines is 1. The van der Waals surface area contributed by atoms with Crippen LogP contribution in [0.25, 0.3) is 0 Å². The fourth-order valence-electron chi connectivity index (χ4n) is 2.27. The van der Waals surface area contributed by atoms with Gasteiger partial charge in [-0.05, 0) is 56.3 Å². The van der Waals surface area contributed by atoms with Gasteiger partial charge >= 0.3 is 0 Å². The van der Waals surface area contributed by atoms with Gasteiger partial charge in [0.1, 0.15) is 0 Å². The number of hydrogen-bond donors (Lipinski definition) is 2. The van der Waals surface area contributed by atoms with Crippen molar-refractivity contribution in [2.45, 2.75) is 17.7 Å². The Bertz CT molecular complexity index is 511. The molecular formula is C13H20N2O2S2. The third-order valence-corrected chi connectivity index (χ3v) is 5.44. The van der Waals surface area contributed by atoms with Gasteiger partial charge in [0.05, 0.1) is 5.75 Å². The molecule has 4 nitrogen and oxygen atoms in total. The summed E-state index contributed by atoms with van der Waals surface area (Å²) in [5.74, 6) is 0.487. The molecule has 0 aliphatic carbocycles. The summed E-state index contributed by atoms with van der Waals surface area (Å²) in [6.45, 7) is 1.84. The molecule has 1 heterocycles. The number of thioether (sulfide) groups is 1. The van der Waals surface area contributed by atoms with E-state index in [1.54, 1.807) is 17.8 Å². The lowest BCUT2D eigenvalue weighted by molar-refractivity contribution is 0.402. The molecule has 0 spiro atoms. The molecule has 0 amide bonds. The highest BCUT2D eigenvalue weighted by atomic mass is 32.2. The van der Waals surface area contributed by atoms with Crippen LogP contribution in [0, 0.1) is 5.92 Å². The standard InChI is InChI=1S/C13H20N2O2S2/c1-18-13-4-2-3-12(9-13)15-19(16,17)10-11-5-7-14-8-6-11/h2-4,9,11,14-15H,5-8,10H2,1H3. The highest BCUT2D eigenvalue weighted by molar-refractivity contribution is 7.98. The molecule has 1 aliphatic heterocycles. The second-order valence-electron chi connectivity index (χ2n) is 4.81. The van der Waals surface area contributed by atoms with Gasteiger partial charge in [-0.25, -0.2) is 8.42 Å². The normalized spacial score (nSPS) is 17.3. The fraction of sp³-hybridized carbons (Fsp3) is 0.538. The van der Waals surface area contributed by atoms with Crippen LogP contribution in [0.3, 0.4) is 0 Å². The lowest BCUT2D eigenvalue weighted by Gasteiger charge is -2.22. The predicted molar refractivity (Wildman–Crippen MR) is 81.2 cm³/mol. The lowest BCUT2D eigenvalue weighted by Crippen LogP contribution is -2.33. The molecule has 0 radical (unpaired) electrons. The first kappa shape index (κ1) is 14.7. The van der Waals surface area contributed by atoms with Crippen LogP contribution in [0.1, 0.15) is 12.8 Å². The van der Waals surface area contributed by atoms with Crippen LogP contribution in [-0.4, -0.2) is 33.5 Å². The minimum atomic E-state index is -3.25. The van der Waals surface area contributed by atoms with Crippen molar-refractivity contribution >= 4 is 27.5 Å². The van der Waals surface area contributed by atoms with E-state index in [4.69, 9.17) is 0 Å². The van der Waals surface area contributed by atoms with Crippen molar-refractivity contribution in [1.29, 1.82) is 0 Å². The van der Waals surface area contributed by atoms with E-state index < -0.39 is 10.0 Å². The summed E-state index contributed by atoms with van der Waals surface area (Å²) in [5.41, 5.74) is 0.654. The number of nitrogens with one attached hydrogen (secondary N) is 2. The highest BCUT2D eigenvalue weighted by Crippen LogP contribution is 2.21. The SMILES string of the molecule is CSc1cccc(NS(=O)(=O)CC2CCNCC2)c1. The van der Waals surface area contributed by atoms with E-state index in [0.29, 0.717) is 5.69 Å². The molecule has 1 saturated heterocycles. The molecular weight excluding hydrogens is 280 g/mol. The monoisotopic (exact) mass is 300 g/mol. The number of piperidine rings is 1. The molecule has 1 aromatic rings. The number of hydrogen-bond acceptors (Lipinski definition) is 4. The smallest absolute Gasteiger partial charge is 0.232 e. The van der Waals surface area contributed by atoms with Crippen molar-refractivity contribution in [1.82, 2.24) is 5.32 Å². The first-order valence-corrected chi connectivity index (χ1v) is 9.32. The molecule has 2 N–H and O–H groups in total. The van der Waals surface area contributed by atoms with Gasteiger partial charge in [-0.15, -0.1) is 11.8 Å². The Morgan fingerprint density at radius 1 is 1.37 bits per heavy atom. The third-order valence-electron chi connectivity index (χ3n) is 3.26. The van der Waals surface area contributed by atoms with Crippen molar-refractivity contribution in [3.8, 4) is 0 Å². The van der Waals surface area contributed by atoms with E-state index in [-0.39, 0.29) is 11.7 Å². The molecule has 0 bridgehead atoms. The zero-order chi connectivity index (χ0) is 13.7. The van der Waals surface area contributed by atoms with Crippen molar-refractivity contribution in [2.24, 2.45) is 5.92 Å². The maximum Gasteiger partial charge on any atom is 0.232 e. The van der Waals surface area contributed by atoms with Crippen molar-refractivity contribution in [3.05, 3.63) is 24.3 Å². The van der Waals surface area contributed by atoms with Crippen molar-refractivity contribution < 1.29 is 8.42 Å². The van der Waals surface area contributed by atoms with Gasteiger partial charge in [0.2, 0.25) is 10.0 Å². The maximum absolute atomic E-state index is 12.1. The van der Waals surface area contributed by atoms with Crippen molar-refractivity contribution in [3.63, 3.8) is 0 Å². The molecule has 1 aliphatic rings. The molecule has 0 atom stereocenters. The van der Waals surface area contributed by atoms with Crippen LogP contribution < -0.4 is 10.0 Å². The van der Waals surface area contributed by atoms with E-state index >= 15 is 0 Å². The molecule has 19 heavy (non-hydrogen) atoms. The summed E-state index contributed by atoms with van der Waals surface area (Å²) in [7, 11) is -3.25. The summed E-state index contributed by atoms with van der Waals surface area (Å²) in [6, 6.07) is 7.49. The van der Waals surface area contributed by atoms with Gasteiger partial charge in [-0.1, -0.05) is 6.07 Å². The zero-order valence-corrected chi connectivity index (χ0v) is 12.7. The molecule has 2 rings (SSSR count). The second kappa shape index (κ2) is 6.63.